The minimum atomic E-state index is 0.346. The molecule has 0 bridgehead atoms. The van der Waals surface area contributed by atoms with Crippen molar-refractivity contribution in [3.63, 3.8) is 0 Å². The summed E-state index contributed by atoms with van der Waals surface area (Å²) in [6.45, 7) is 0.859. The van der Waals surface area contributed by atoms with Crippen LogP contribution in [0.4, 0.5) is 0 Å². The van der Waals surface area contributed by atoms with Crippen LogP contribution in [0.25, 0.3) is 10.8 Å². The zero-order valence-corrected chi connectivity index (χ0v) is 18.1. The van der Waals surface area contributed by atoms with E-state index < -0.39 is 0 Å². The summed E-state index contributed by atoms with van der Waals surface area (Å²) in [6.07, 6.45) is 2.18. The average molecular weight is 432 g/mol. The smallest absolute Gasteiger partial charge is 0.0595 e. The van der Waals surface area contributed by atoms with E-state index in [9.17, 15) is 0 Å². The summed E-state index contributed by atoms with van der Waals surface area (Å²) in [7, 11) is 0. The second kappa shape index (κ2) is 8.43. The minimum Gasteiger partial charge on any atom is -0.306 e. The Balaban J connectivity index is 1.42. The van der Waals surface area contributed by atoms with E-state index in [4.69, 9.17) is 23.2 Å². The van der Waals surface area contributed by atoms with E-state index in [0.717, 1.165) is 19.4 Å². The Morgan fingerprint density at radius 3 is 2.37 bits per heavy atom. The summed E-state index contributed by atoms with van der Waals surface area (Å²) in [6, 6.07) is 30.3. The summed E-state index contributed by atoms with van der Waals surface area (Å²) in [5, 5.41) is 7.69. The van der Waals surface area contributed by atoms with E-state index in [-0.39, 0.29) is 0 Å². The third-order valence-corrected chi connectivity index (χ3v) is 6.99. The van der Waals surface area contributed by atoms with Crippen LogP contribution in [0.5, 0.6) is 0 Å². The second-order valence-electron chi connectivity index (χ2n) is 8.00. The topological polar surface area (TPSA) is 12.0 Å². The molecule has 0 saturated heterocycles. The van der Waals surface area contributed by atoms with Gasteiger partial charge in [-0.05, 0) is 58.0 Å². The highest BCUT2D eigenvalue weighted by Gasteiger charge is 2.28. The molecule has 0 amide bonds. The lowest BCUT2D eigenvalue weighted by atomic mass is 9.76. The van der Waals surface area contributed by atoms with Gasteiger partial charge in [0.15, 0.2) is 0 Å². The predicted octanol–water partition coefficient (Wildman–Crippen LogP) is 7.90. The third kappa shape index (κ3) is 3.74. The highest BCUT2D eigenvalue weighted by molar-refractivity contribution is 6.42. The number of rotatable bonds is 4. The van der Waals surface area contributed by atoms with Gasteiger partial charge in [0.05, 0.1) is 10.0 Å². The Morgan fingerprint density at radius 2 is 1.50 bits per heavy atom. The molecule has 1 N–H and O–H groups in total. The van der Waals surface area contributed by atoms with Crippen LogP contribution in [0.1, 0.15) is 47.1 Å². The molecule has 0 radical (unpaired) electrons. The molecular formula is C27H23Cl2N. The first-order chi connectivity index (χ1) is 14.7. The summed E-state index contributed by atoms with van der Waals surface area (Å²) >= 11 is 12.5. The van der Waals surface area contributed by atoms with Crippen LogP contribution in [0.15, 0.2) is 84.9 Å². The molecule has 0 fully saturated rings. The Kier molecular flexibility index (Phi) is 5.52. The molecule has 4 aromatic rings. The second-order valence-corrected chi connectivity index (χ2v) is 8.82. The zero-order chi connectivity index (χ0) is 20.5. The highest BCUT2D eigenvalue weighted by Crippen LogP contribution is 2.42. The van der Waals surface area contributed by atoms with E-state index in [2.05, 4.69) is 78.1 Å². The summed E-state index contributed by atoms with van der Waals surface area (Å²) in [4.78, 5) is 0. The van der Waals surface area contributed by atoms with Crippen LogP contribution in [-0.4, -0.2) is 0 Å². The van der Waals surface area contributed by atoms with Crippen LogP contribution in [0.2, 0.25) is 10.0 Å². The van der Waals surface area contributed by atoms with E-state index in [1.54, 1.807) is 0 Å². The quantitative estimate of drug-likeness (QED) is 0.346. The van der Waals surface area contributed by atoms with Gasteiger partial charge in [-0.15, -0.1) is 0 Å². The Bertz CT molecular complexity index is 1200. The first-order valence-electron chi connectivity index (χ1n) is 10.4. The standard InChI is InChI=1S/C27H23Cl2N/c28-25-14-12-19(16-26(25)29)22-13-15-27(24-11-4-3-10-23(22)24)30-17-20-8-5-7-18-6-1-2-9-21(18)20/h1-12,14,16,22,27,30H,13,15,17H2/t22-,27+/m0/s1. The first kappa shape index (κ1) is 19.6. The Labute approximate surface area is 187 Å². The fourth-order valence-electron chi connectivity index (χ4n) is 4.76. The lowest BCUT2D eigenvalue weighted by Gasteiger charge is -2.33. The molecule has 1 aliphatic carbocycles. The molecule has 0 unspecified atom stereocenters. The maximum absolute atomic E-state index is 6.31. The Morgan fingerprint density at radius 1 is 0.733 bits per heavy atom. The van der Waals surface area contributed by atoms with Crippen LogP contribution in [0.3, 0.4) is 0 Å². The van der Waals surface area contributed by atoms with Gasteiger partial charge < -0.3 is 5.32 Å². The zero-order valence-electron chi connectivity index (χ0n) is 16.6. The molecule has 30 heavy (non-hydrogen) atoms. The van der Waals surface area contributed by atoms with E-state index in [0.29, 0.717) is 22.0 Å². The van der Waals surface area contributed by atoms with Crippen LogP contribution < -0.4 is 5.32 Å². The van der Waals surface area contributed by atoms with Gasteiger partial charge in [0.25, 0.3) is 0 Å². The van der Waals surface area contributed by atoms with Crippen molar-refractivity contribution in [3.8, 4) is 0 Å². The summed E-state index contributed by atoms with van der Waals surface area (Å²) in [5.41, 5.74) is 5.36. The first-order valence-corrected chi connectivity index (χ1v) is 11.2. The summed E-state index contributed by atoms with van der Waals surface area (Å²) < 4.78 is 0. The third-order valence-electron chi connectivity index (χ3n) is 6.26. The number of hydrogen-bond acceptors (Lipinski definition) is 1. The molecule has 0 saturated carbocycles. The van der Waals surface area contributed by atoms with Gasteiger partial charge in [-0.3, -0.25) is 0 Å². The normalized spacial score (nSPS) is 18.3. The molecule has 2 atom stereocenters. The lowest BCUT2D eigenvalue weighted by molar-refractivity contribution is 0.440. The molecule has 0 aromatic heterocycles. The molecule has 150 valence electrons. The average Bonchev–Trinajstić information content (AvgIpc) is 2.79. The van der Waals surface area contributed by atoms with Crippen LogP contribution in [0, 0.1) is 0 Å². The Hall–Kier alpha value is -2.32. The van der Waals surface area contributed by atoms with Crippen molar-refractivity contribution in [2.75, 3.05) is 0 Å². The van der Waals surface area contributed by atoms with Gasteiger partial charge in [0.2, 0.25) is 0 Å². The monoisotopic (exact) mass is 431 g/mol. The van der Waals surface area contributed by atoms with Gasteiger partial charge >= 0.3 is 0 Å². The molecule has 0 aliphatic heterocycles. The van der Waals surface area contributed by atoms with Gasteiger partial charge in [-0.25, -0.2) is 0 Å². The molecule has 1 nitrogen and oxygen atoms in total. The molecular weight excluding hydrogens is 409 g/mol. The lowest BCUT2D eigenvalue weighted by Crippen LogP contribution is -2.27. The van der Waals surface area contributed by atoms with Crippen molar-refractivity contribution >= 4 is 34.0 Å². The van der Waals surface area contributed by atoms with Crippen molar-refractivity contribution in [2.24, 2.45) is 0 Å². The fraction of sp³-hybridized carbons (Fsp3) is 0.185. The van der Waals surface area contributed by atoms with E-state index in [1.165, 1.54) is 33.0 Å². The number of hydrogen-bond donors (Lipinski definition) is 1. The highest BCUT2D eigenvalue weighted by atomic mass is 35.5. The van der Waals surface area contributed by atoms with Gasteiger partial charge in [-0.1, -0.05) is 96.0 Å². The van der Waals surface area contributed by atoms with Gasteiger partial charge in [0, 0.05) is 18.5 Å². The predicted molar refractivity (Wildman–Crippen MR) is 128 cm³/mol. The van der Waals surface area contributed by atoms with Gasteiger partial charge in [-0.2, -0.15) is 0 Å². The molecule has 1 aliphatic rings. The number of nitrogens with one attached hydrogen (secondary N) is 1. The summed E-state index contributed by atoms with van der Waals surface area (Å²) in [5.74, 6) is 0.353. The van der Waals surface area contributed by atoms with Crippen molar-refractivity contribution < 1.29 is 0 Å². The number of fused-ring (bicyclic) bond motifs is 2. The molecule has 3 heteroatoms. The van der Waals surface area contributed by atoms with Crippen molar-refractivity contribution in [2.45, 2.75) is 31.3 Å². The largest absolute Gasteiger partial charge is 0.306 e. The van der Waals surface area contributed by atoms with Gasteiger partial charge in [0.1, 0.15) is 0 Å². The molecule has 4 aromatic carbocycles. The van der Waals surface area contributed by atoms with E-state index >= 15 is 0 Å². The molecule has 0 heterocycles. The van der Waals surface area contributed by atoms with E-state index in [1.807, 2.05) is 12.1 Å². The number of halogens is 2. The maximum atomic E-state index is 6.31. The number of benzene rings is 4. The van der Waals surface area contributed by atoms with Crippen molar-refractivity contribution in [3.05, 3.63) is 117 Å². The van der Waals surface area contributed by atoms with Crippen LogP contribution in [-0.2, 0) is 6.54 Å². The maximum Gasteiger partial charge on any atom is 0.0595 e. The molecule has 5 rings (SSSR count). The van der Waals surface area contributed by atoms with Crippen LogP contribution >= 0.6 is 23.2 Å². The van der Waals surface area contributed by atoms with Crippen molar-refractivity contribution in [1.29, 1.82) is 0 Å². The van der Waals surface area contributed by atoms with Crippen molar-refractivity contribution in [1.82, 2.24) is 5.32 Å². The fourth-order valence-corrected chi connectivity index (χ4v) is 5.06. The minimum absolute atomic E-state index is 0.346. The molecule has 0 spiro atoms. The SMILES string of the molecule is Clc1ccc([C@@H]2CC[C@@H](NCc3cccc4ccccc34)c3ccccc32)cc1Cl.